The Hall–Kier alpha value is -3.03. The molecule has 2 fully saturated rings. The number of nitrogens with one attached hydrogen (secondary N) is 2. The van der Waals surface area contributed by atoms with Crippen LogP contribution < -0.4 is 5.32 Å². The molecule has 7 heteroatoms. The average molecular weight is 478 g/mol. The molecule has 5 nitrogen and oxygen atoms in total. The van der Waals surface area contributed by atoms with E-state index in [2.05, 4.69) is 17.4 Å². The molecule has 0 spiro atoms. The minimum absolute atomic E-state index is 0.0943. The number of hydrogen-bond acceptors (Lipinski definition) is 4. The average Bonchev–Trinajstić information content (AvgIpc) is 3.29. The van der Waals surface area contributed by atoms with Crippen molar-refractivity contribution in [2.24, 2.45) is 5.92 Å². The van der Waals surface area contributed by atoms with Gasteiger partial charge in [-0.3, -0.25) is 0 Å². The lowest BCUT2D eigenvalue weighted by Gasteiger charge is -2.26. The number of sulfonamides is 1. The molecule has 3 atom stereocenters. The van der Waals surface area contributed by atoms with Crippen LogP contribution in [0.4, 0.5) is 15.8 Å². The van der Waals surface area contributed by atoms with Gasteiger partial charge in [-0.15, -0.1) is 0 Å². The van der Waals surface area contributed by atoms with Crippen molar-refractivity contribution in [3.63, 3.8) is 0 Å². The first kappa shape index (κ1) is 22.7. The van der Waals surface area contributed by atoms with E-state index in [0.717, 1.165) is 22.5 Å². The summed E-state index contributed by atoms with van der Waals surface area (Å²) in [6.45, 7) is 4.71. The molecule has 0 radical (unpaired) electrons. The Morgan fingerprint density at radius 2 is 1.85 bits per heavy atom. The van der Waals surface area contributed by atoms with E-state index >= 15 is 0 Å². The highest BCUT2D eigenvalue weighted by Crippen LogP contribution is 2.70. The lowest BCUT2D eigenvalue weighted by molar-refractivity contribution is 0.422. The third kappa shape index (κ3) is 3.63. The molecule has 1 saturated heterocycles. The highest BCUT2D eigenvalue weighted by atomic mass is 32.2. The maximum absolute atomic E-state index is 13.3. The molecule has 3 aromatic carbocycles. The van der Waals surface area contributed by atoms with Crippen molar-refractivity contribution in [2.75, 3.05) is 24.2 Å². The molecular formula is C27H28FN3O2S. The van der Waals surface area contributed by atoms with Gasteiger partial charge in [0.2, 0.25) is 10.0 Å². The van der Waals surface area contributed by atoms with Gasteiger partial charge in [0.1, 0.15) is 5.82 Å². The molecule has 0 unspecified atom stereocenters. The van der Waals surface area contributed by atoms with Crippen molar-refractivity contribution in [3.8, 4) is 0 Å². The SMILES string of the molecule is CCS(=O)(=O)N1C[C@H]2[C@H](c3ccccc3)[C@@]2(c2cc(C=N)c(Nc3ccc(F)cc3)cc2C)C1. The van der Waals surface area contributed by atoms with Gasteiger partial charge >= 0.3 is 0 Å². The Balaban J connectivity index is 1.57. The largest absolute Gasteiger partial charge is 0.355 e. The minimum atomic E-state index is -3.29. The highest BCUT2D eigenvalue weighted by molar-refractivity contribution is 7.89. The molecule has 0 aromatic heterocycles. The van der Waals surface area contributed by atoms with Gasteiger partial charge in [-0.1, -0.05) is 30.3 Å². The summed E-state index contributed by atoms with van der Waals surface area (Å²) in [6.07, 6.45) is 1.32. The molecule has 176 valence electrons. The Morgan fingerprint density at radius 1 is 1.15 bits per heavy atom. The van der Waals surface area contributed by atoms with Crippen molar-refractivity contribution >= 4 is 27.6 Å². The van der Waals surface area contributed by atoms with E-state index in [1.807, 2.05) is 37.3 Å². The summed E-state index contributed by atoms with van der Waals surface area (Å²) >= 11 is 0. The number of anilines is 2. The van der Waals surface area contributed by atoms with Crippen molar-refractivity contribution in [1.29, 1.82) is 5.41 Å². The summed E-state index contributed by atoms with van der Waals surface area (Å²) in [5.41, 5.74) is 5.29. The molecule has 34 heavy (non-hydrogen) atoms. The van der Waals surface area contributed by atoms with Crippen LogP contribution in [0.15, 0.2) is 66.7 Å². The Kier molecular flexibility index (Phi) is 5.57. The lowest BCUT2D eigenvalue weighted by atomic mass is 9.86. The van der Waals surface area contributed by atoms with E-state index < -0.39 is 10.0 Å². The van der Waals surface area contributed by atoms with E-state index in [0.29, 0.717) is 18.7 Å². The first-order valence-electron chi connectivity index (χ1n) is 11.5. The van der Waals surface area contributed by atoms with Crippen LogP contribution >= 0.6 is 0 Å². The zero-order valence-corrected chi connectivity index (χ0v) is 20.1. The third-order valence-electron chi connectivity index (χ3n) is 7.44. The van der Waals surface area contributed by atoms with Crippen LogP contribution in [0.3, 0.4) is 0 Å². The van der Waals surface area contributed by atoms with E-state index in [4.69, 9.17) is 5.41 Å². The maximum atomic E-state index is 13.3. The summed E-state index contributed by atoms with van der Waals surface area (Å²) in [5, 5.41) is 11.3. The van der Waals surface area contributed by atoms with Crippen LogP contribution in [-0.4, -0.2) is 37.8 Å². The molecule has 1 aliphatic carbocycles. The second kappa shape index (κ2) is 8.32. The van der Waals surface area contributed by atoms with E-state index in [-0.39, 0.29) is 28.8 Å². The first-order chi connectivity index (χ1) is 16.3. The number of aryl methyl sites for hydroxylation is 1. The fourth-order valence-corrected chi connectivity index (χ4v) is 6.92. The second-order valence-corrected chi connectivity index (χ2v) is 11.5. The van der Waals surface area contributed by atoms with Crippen molar-refractivity contribution < 1.29 is 12.8 Å². The highest BCUT2D eigenvalue weighted by Gasteiger charge is 2.71. The Labute approximate surface area is 200 Å². The number of benzene rings is 3. The Bertz CT molecular complexity index is 1340. The minimum Gasteiger partial charge on any atom is -0.355 e. The van der Waals surface area contributed by atoms with Gasteiger partial charge < -0.3 is 10.7 Å². The normalized spacial score (nSPS) is 24.0. The van der Waals surface area contributed by atoms with Gasteiger partial charge in [0, 0.05) is 47.6 Å². The molecule has 3 aromatic rings. The smallest absolute Gasteiger partial charge is 0.213 e. The van der Waals surface area contributed by atoms with Crippen LogP contribution in [0, 0.1) is 24.1 Å². The summed E-state index contributed by atoms with van der Waals surface area (Å²) in [5.74, 6) is 0.231. The fourth-order valence-electron chi connectivity index (χ4n) is 5.76. The van der Waals surface area contributed by atoms with Gasteiger partial charge in [0.05, 0.1) is 5.75 Å². The van der Waals surface area contributed by atoms with Gasteiger partial charge in [-0.2, -0.15) is 0 Å². The van der Waals surface area contributed by atoms with Crippen molar-refractivity contribution in [3.05, 3.63) is 94.8 Å². The predicted molar refractivity (Wildman–Crippen MR) is 134 cm³/mol. The fraction of sp³-hybridized carbons (Fsp3) is 0.296. The zero-order valence-electron chi connectivity index (χ0n) is 19.3. The number of nitrogens with zero attached hydrogens (tertiary/aromatic N) is 1. The predicted octanol–water partition coefficient (Wildman–Crippen LogP) is 5.19. The standard InChI is InChI=1S/C27H28FN3O2S/c1-3-34(32,33)31-16-24-26(19-7-5-4-6-8-19)27(24,17-31)23-14-20(15-29)25(13-18(23)2)30-22-11-9-21(28)10-12-22/h4-15,24,26,29-30H,3,16-17H2,1-2H3/t24-,26-,27+/m0/s1. The summed E-state index contributed by atoms with van der Waals surface area (Å²) in [6, 6.07) is 20.5. The molecule has 0 bridgehead atoms. The van der Waals surface area contributed by atoms with Crippen molar-refractivity contribution in [1.82, 2.24) is 4.31 Å². The van der Waals surface area contributed by atoms with Crippen LogP contribution in [0.25, 0.3) is 0 Å². The van der Waals surface area contributed by atoms with Crippen LogP contribution in [0.2, 0.25) is 0 Å². The topological polar surface area (TPSA) is 73.3 Å². The molecule has 0 amide bonds. The number of fused-ring (bicyclic) bond motifs is 1. The van der Waals surface area contributed by atoms with Crippen molar-refractivity contribution in [2.45, 2.75) is 25.2 Å². The zero-order chi connectivity index (χ0) is 24.1. The first-order valence-corrected chi connectivity index (χ1v) is 13.1. The molecule has 1 saturated carbocycles. The van der Waals surface area contributed by atoms with Gasteiger partial charge in [0.25, 0.3) is 0 Å². The van der Waals surface area contributed by atoms with E-state index in [9.17, 15) is 12.8 Å². The quantitative estimate of drug-likeness (QED) is 0.460. The maximum Gasteiger partial charge on any atom is 0.213 e. The number of rotatable bonds is 7. The van der Waals surface area contributed by atoms with Gasteiger partial charge in [-0.05, 0) is 72.9 Å². The molecule has 2 aliphatic rings. The third-order valence-corrected chi connectivity index (χ3v) is 9.24. The second-order valence-electron chi connectivity index (χ2n) is 9.26. The summed E-state index contributed by atoms with van der Waals surface area (Å²) < 4.78 is 40.4. The van der Waals surface area contributed by atoms with E-state index in [1.165, 1.54) is 23.9 Å². The molecule has 1 aliphatic heterocycles. The van der Waals surface area contributed by atoms with Gasteiger partial charge in [0.15, 0.2) is 0 Å². The summed E-state index contributed by atoms with van der Waals surface area (Å²) in [7, 11) is -3.29. The number of piperidine rings is 1. The molecule has 2 N–H and O–H groups in total. The van der Waals surface area contributed by atoms with Crippen LogP contribution in [0.5, 0.6) is 0 Å². The monoisotopic (exact) mass is 477 g/mol. The number of hydrogen-bond donors (Lipinski definition) is 2. The number of halogens is 1. The molecular weight excluding hydrogens is 449 g/mol. The van der Waals surface area contributed by atoms with E-state index in [1.54, 1.807) is 23.4 Å². The summed E-state index contributed by atoms with van der Waals surface area (Å²) in [4.78, 5) is 0. The van der Waals surface area contributed by atoms with Crippen LogP contribution in [-0.2, 0) is 15.4 Å². The lowest BCUT2D eigenvalue weighted by Crippen LogP contribution is -2.35. The molecule has 1 heterocycles. The Morgan fingerprint density at radius 3 is 2.50 bits per heavy atom. The van der Waals surface area contributed by atoms with Crippen LogP contribution in [0.1, 0.15) is 35.1 Å². The molecule has 5 rings (SSSR count). The van der Waals surface area contributed by atoms with Gasteiger partial charge in [-0.25, -0.2) is 17.1 Å².